The number of hydrogen-bond acceptors (Lipinski definition) is 5. The minimum atomic E-state index is 0.0785. The standard InChI is InChI=1S/C14H21N5O/c15-17-13-5-4-11(9-16-13)14(20)19-8-2-7-18-6-1-3-12(18)10-19/h4-5,9,12H,1-3,6-8,10,15H2,(H,16,17). The Balaban J connectivity index is 1.71. The van der Waals surface area contributed by atoms with Crippen LogP contribution in [0.2, 0.25) is 0 Å². The second-order valence-electron chi connectivity index (χ2n) is 5.51. The molecule has 0 bridgehead atoms. The normalized spacial score (nSPS) is 23.2. The molecule has 0 saturated carbocycles. The van der Waals surface area contributed by atoms with E-state index in [9.17, 15) is 4.79 Å². The minimum Gasteiger partial charge on any atom is -0.337 e. The van der Waals surface area contributed by atoms with Gasteiger partial charge in [0.1, 0.15) is 5.82 Å². The van der Waals surface area contributed by atoms with Gasteiger partial charge in [-0.2, -0.15) is 0 Å². The Hall–Kier alpha value is -1.66. The van der Waals surface area contributed by atoms with Crippen LogP contribution in [0.15, 0.2) is 18.3 Å². The predicted octanol–water partition coefficient (Wildman–Crippen LogP) is 0.678. The van der Waals surface area contributed by atoms with Crippen molar-refractivity contribution in [3.8, 4) is 0 Å². The van der Waals surface area contributed by atoms with Gasteiger partial charge in [0.2, 0.25) is 0 Å². The largest absolute Gasteiger partial charge is 0.337 e. The van der Waals surface area contributed by atoms with E-state index in [-0.39, 0.29) is 5.91 Å². The van der Waals surface area contributed by atoms with Gasteiger partial charge in [-0.3, -0.25) is 9.69 Å². The van der Waals surface area contributed by atoms with Crippen molar-refractivity contribution >= 4 is 11.7 Å². The summed E-state index contributed by atoms with van der Waals surface area (Å²) in [5, 5.41) is 0. The summed E-state index contributed by atoms with van der Waals surface area (Å²) >= 11 is 0. The van der Waals surface area contributed by atoms with Crippen LogP contribution in [-0.2, 0) is 0 Å². The number of nitrogens with zero attached hydrogens (tertiary/aromatic N) is 3. The number of nitrogens with two attached hydrogens (primary N) is 1. The summed E-state index contributed by atoms with van der Waals surface area (Å²) in [6.07, 6.45) is 5.11. The van der Waals surface area contributed by atoms with Crippen molar-refractivity contribution < 1.29 is 4.79 Å². The van der Waals surface area contributed by atoms with E-state index in [1.807, 2.05) is 4.90 Å². The maximum Gasteiger partial charge on any atom is 0.255 e. The fourth-order valence-electron chi connectivity index (χ4n) is 3.18. The zero-order valence-corrected chi connectivity index (χ0v) is 11.6. The second-order valence-corrected chi connectivity index (χ2v) is 5.51. The lowest BCUT2D eigenvalue weighted by molar-refractivity contribution is 0.0743. The van der Waals surface area contributed by atoms with Crippen molar-refractivity contribution in [3.05, 3.63) is 23.9 Å². The maximum atomic E-state index is 12.6. The monoisotopic (exact) mass is 275 g/mol. The van der Waals surface area contributed by atoms with Crippen LogP contribution in [0, 0.1) is 0 Å². The Morgan fingerprint density at radius 3 is 2.90 bits per heavy atom. The first kappa shape index (κ1) is 13.3. The summed E-state index contributed by atoms with van der Waals surface area (Å²) in [7, 11) is 0. The molecule has 1 aromatic heterocycles. The summed E-state index contributed by atoms with van der Waals surface area (Å²) in [5.41, 5.74) is 3.10. The molecule has 3 N–H and O–H groups in total. The van der Waals surface area contributed by atoms with Gasteiger partial charge in [-0.25, -0.2) is 10.8 Å². The first-order valence-corrected chi connectivity index (χ1v) is 7.24. The third kappa shape index (κ3) is 2.62. The number of aromatic nitrogens is 1. The number of carbonyl (C=O) groups is 1. The number of carbonyl (C=O) groups excluding carboxylic acids is 1. The summed E-state index contributed by atoms with van der Waals surface area (Å²) in [6, 6.07) is 4.05. The molecule has 0 aromatic carbocycles. The summed E-state index contributed by atoms with van der Waals surface area (Å²) in [4.78, 5) is 21.2. The van der Waals surface area contributed by atoms with Gasteiger partial charge >= 0.3 is 0 Å². The van der Waals surface area contributed by atoms with Gasteiger partial charge in [-0.1, -0.05) is 0 Å². The minimum absolute atomic E-state index is 0.0785. The van der Waals surface area contributed by atoms with Gasteiger partial charge < -0.3 is 10.3 Å². The number of anilines is 1. The van der Waals surface area contributed by atoms with Gasteiger partial charge in [0.05, 0.1) is 5.56 Å². The molecular weight excluding hydrogens is 254 g/mol. The fourth-order valence-corrected chi connectivity index (χ4v) is 3.18. The molecule has 0 spiro atoms. The predicted molar refractivity (Wildman–Crippen MR) is 77.2 cm³/mol. The van der Waals surface area contributed by atoms with Crippen molar-refractivity contribution in [1.29, 1.82) is 0 Å². The van der Waals surface area contributed by atoms with Crippen LogP contribution in [0.25, 0.3) is 0 Å². The number of nitrogen functional groups attached to an aromatic ring is 1. The lowest BCUT2D eigenvalue weighted by Gasteiger charge is -2.25. The molecule has 6 nitrogen and oxygen atoms in total. The van der Waals surface area contributed by atoms with Gasteiger partial charge in [-0.15, -0.1) is 0 Å². The summed E-state index contributed by atoms with van der Waals surface area (Å²) in [5.74, 6) is 5.93. The van der Waals surface area contributed by atoms with Crippen LogP contribution >= 0.6 is 0 Å². The third-order valence-electron chi connectivity index (χ3n) is 4.25. The quantitative estimate of drug-likeness (QED) is 0.613. The number of pyridine rings is 1. The highest BCUT2D eigenvalue weighted by Crippen LogP contribution is 2.22. The third-order valence-corrected chi connectivity index (χ3v) is 4.25. The summed E-state index contributed by atoms with van der Waals surface area (Å²) in [6.45, 7) is 3.98. The van der Waals surface area contributed by atoms with E-state index in [1.165, 1.54) is 19.4 Å². The van der Waals surface area contributed by atoms with Crippen molar-refractivity contribution in [3.63, 3.8) is 0 Å². The van der Waals surface area contributed by atoms with Crippen molar-refractivity contribution in [2.75, 3.05) is 31.6 Å². The zero-order valence-electron chi connectivity index (χ0n) is 11.6. The smallest absolute Gasteiger partial charge is 0.255 e. The van der Waals surface area contributed by atoms with Gasteiger partial charge in [0.15, 0.2) is 0 Å². The highest BCUT2D eigenvalue weighted by atomic mass is 16.2. The molecule has 1 aromatic rings. The van der Waals surface area contributed by atoms with Gasteiger partial charge in [-0.05, 0) is 37.9 Å². The molecule has 0 radical (unpaired) electrons. The van der Waals surface area contributed by atoms with Crippen LogP contribution < -0.4 is 11.3 Å². The average Bonchev–Trinajstić information content (AvgIpc) is 2.83. The first-order chi connectivity index (χ1) is 9.78. The number of nitrogens with one attached hydrogen (secondary N) is 1. The van der Waals surface area contributed by atoms with Crippen molar-refractivity contribution in [1.82, 2.24) is 14.8 Å². The molecule has 1 amide bonds. The number of fused-ring (bicyclic) bond motifs is 1. The van der Waals surface area contributed by atoms with Crippen LogP contribution in [-0.4, -0.2) is 52.9 Å². The Labute approximate surface area is 118 Å². The van der Waals surface area contributed by atoms with E-state index < -0.39 is 0 Å². The average molecular weight is 275 g/mol. The molecule has 2 fully saturated rings. The van der Waals surface area contributed by atoms with Crippen molar-refractivity contribution in [2.45, 2.75) is 25.3 Å². The highest BCUT2D eigenvalue weighted by Gasteiger charge is 2.30. The molecule has 108 valence electrons. The van der Waals surface area contributed by atoms with Crippen molar-refractivity contribution in [2.24, 2.45) is 5.84 Å². The first-order valence-electron chi connectivity index (χ1n) is 7.24. The lowest BCUT2D eigenvalue weighted by atomic mass is 10.2. The van der Waals surface area contributed by atoms with E-state index in [4.69, 9.17) is 5.84 Å². The second kappa shape index (κ2) is 5.76. The summed E-state index contributed by atoms with van der Waals surface area (Å²) < 4.78 is 0. The molecule has 2 saturated heterocycles. The Morgan fingerprint density at radius 1 is 1.30 bits per heavy atom. The number of rotatable bonds is 2. The molecular formula is C14H21N5O. The topological polar surface area (TPSA) is 74.5 Å². The van der Waals surface area contributed by atoms with E-state index >= 15 is 0 Å². The zero-order chi connectivity index (χ0) is 13.9. The Kier molecular flexibility index (Phi) is 3.84. The van der Waals surface area contributed by atoms with E-state index in [1.54, 1.807) is 18.3 Å². The lowest BCUT2D eigenvalue weighted by Crippen LogP contribution is -2.39. The molecule has 2 aliphatic heterocycles. The molecule has 6 heteroatoms. The maximum absolute atomic E-state index is 12.6. The fraction of sp³-hybridized carbons (Fsp3) is 0.571. The molecule has 2 aliphatic rings. The van der Waals surface area contributed by atoms with Crippen LogP contribution in [0.4, 0.5) is 5.82 Å². The SMILES string of the molecule is NNc1ccc(C(=O)N2CCCN3CCCC3C2)cn1. The Morgan fingerprint density at radius 2 is 2.15 bits per heavy atom. The number of hydrogen-bond donors (Lipinski definition) is 2. The van der Waals surface area contributed by atoms with Crippen LogP contribution in [0.5, 0.6) is 0 Å². The van der Waals surface area contributed by atoms with E-state index in [0.717, 1.165) is 26.1 Å². The molecule has 3 heterocycles. The van der Waals surface area contributed by atoms with Gasteiger partial charge in [0.25, 0.3) is 5.91 Å². The van der Waals surface area contributed by atoms with Crippen LogP contribution in [0.1, 0.15) is 29.6 Å². The highest BCUT2D eigenvalue weighted by molar-refractivity contribution is 5.94. The Bertz CT molecular complexity index is 475. The van der Waals surface area contributed by atoms with Gasteiger partial charge in [0, 0.05) is 31.9 Å². The van der Waals surface area contributed by atoms with Crippen LogP contribution in [0.3, 0.4) is 0 Å². The molecule has 0 aliphatic carbocycles. The molecule has 20 heavy (non-hydrogen) atoms. The molecule has 1 atom stereocenters. The number of hydrazine groups is 1. The molecule has 3 rings (SSSR count). The molecule has 1 unspecified atom stereocenters. The number of amides is 1. The van der Waals surface area contributed by atoms with E-state index in [0.29, 0.717) is 17.4 Å². The van der Waals surface area contributed by atoms with E-state index in [2.05, 4.69) is 15.3 Å².